The zero-order valence-electron chi connectivity index (χ0n) is 15.6. The van der Waals surface area contributed by atoms with Crippen molar-refractivity contribution >= 4 is 38.9 Å². The topological polar surface area (TPSA) is 83.6 Å². The number of amides is 2. The Morgan fingerprint density at radius 1 is 1.21 bits per heavy atom. The molecular weight excluding hydrogens is 400 g/mol. The van der Waals surface area contributed by atoms with E-state index in [0.717, 1.165) is 17.4 Å². The fourth-order valence-corrected chi connectivity index (χ4v) is 3.89. The van der Waals surface area contributed by atoms with Crippen LogP contribution in [-0.4, -0.2) is 37.9 Å². The molecule has 148 valence electrons. The van der Waals surface area contributed by atoms with Gasteiger partial charge < -0.3 is 10.2 Å². The summed E-state index contributed by atoms with van der Waals surface area (Å²) >= 11 is 6.09. The molecule has 8 heteroatoms. The molecule has 1 heterocycles. The molecule has 1 saturated heterocycles. The van der Waals surface area contributed by atoms with Gasteiger partial charge in [-0.25, -0.2) is 8.42 Å². The fraction of sp³-hybridized carbons (Fsp3) is 0.300. The number of anilines is 1. The maximum absolute atomic E-state index is 12.6. The number of halogens is 1. The normalized spacial score (nSPS) is 17.0. The van der Waals surface area contributed by atoms with E-state index in [4.69, 9.17) is 11.6 Å². The number of sulfone groups is 1. The van der Waals surface area contributed by atoms with Crippen molar-refractivity contribution in [3.63, 3.8) is 0 Å². The minimum Gasteiger partial charge on any atom is -0.338 e. The highest BCUT2D eigenvalue weighted by molar-refractivity contribution is 7.90. The number of carbonyl (C=O) groups is 2. The van der Waals surface area contributed by atoms with Crippen molar-refractivity contribution in [2.75, 3.05) is 18.1 Å². The first-order valence-electron chi connectivity index (χ1n) is 8.77. The summed E-state index contributed by atoms with van der Waals surface area (Å²) in [6, 6.07) is 12.0. The largest absolute Gasteiger partial charge is 0.338 e. The quantitative estimate of drug-likeness (QED) is 0.805. The molecular formula is C20H21ClN2O4S. The van der Waals surface area contributed by atoms with E-state index in [1.54, 1.807) is 4.90 Å². The fourth-order valence-electron chi connectivity index (χ4n) is 3.08. The van der Waals surface area contributed by atoms with Crippen LogP contribution in [-0.2, 0) is 26.0 Å². The summed E-state index contributed by atoms with van der Waals surface area (Å²) in [6.45, 7) is 2.75. The second-order valence-electron chi connectivity index (χ2n) is 7.06. The molecule has 0 radical (unpaired) electrons. The van der Waals surface area contributed by atoms with Gasteiger partial charge in [-0.2, -0.15) is 0 Å². The highest BCUT2D eigenvalue weighted by Gasteiger charge is 2.34. The van der Waals surface area contributed by atoms with Crippen LogP contribution in [0.1, 0.15) is 17.5 Å². The van der Waals surface area contributed by atoms with Gasteiger partial charge in [0.2, 0.25) is 11.8 Å². The van der Waals surface area contributed by atoms with E-state index in [1.807, 2.05) is 31.2 Å². The maximum Gasteiger partial charge on any atom is 0.229 e. The Hall–Kier alpha value is -2.38. The van der Waals surface area contributed by atoms with E-state index in [1.165, 1.54) is 18.2 Å². The number of aryl methyl sites for hydroxylation is 1. The molecule has 2 amide bonds. The Morgan fingerprint density at radius 2 is 1.89 bits per heavy atom. The zero-order valence-corrected chi connectivity index (χ0v) is 17.2. The summed E-state index contributed by atoms with van der Waals surface area (Å²) in [4.78, 5) is 26.6. The van der Waals surface area contributed by atoms with Crippen LogP contribution in [0.25, 0.3) is 0 Å². The molecule has 1 aliphatic heterocycles. The molecule has 0 spiro atoms. The van der Waals surface area contributed by atoms with Gasteiger partial charge in [-0.3, -0.25) is 9.59 Å². The Labute approximate surface area is 169 Å². The summed E-state index contributed by atoms with van der Waals surface area (Å²) in [7, 11) is -3.42. The molecule has 0 aromatic heterocycles. The number of benzene rings is 2. The van der Waals surface area contributed by atoms with Crippen LogP contribution < -0.4 is 5.32 Å². The molecule has 3 rings (SSSR count). The number of hydrogen-bond donors (Lipinski definition) is 1. The lowest BCUT2D eigenvalue weighted by molar-refractivity contribution is -0.128. The molecule has 1 aliphatic rings. The summed E-state index contributed by atoms with van der Waals surface area (Å²) in [6.07, 6.45) is 1.20. The van der Waals surface area contributed by atoms with Crippen molar-refractivity contribution in [1.82, 2.24) is 4.90 Å². The first kappa shape index (κ1) is 20.4. The number of nitrogens with one attached hydrogen (secondary N) is 1. The number of nitrogens with zero attached hydrogens (tertiary/aromatic N) is 1. The van der Waals surface area contributed by atoms with Crippen LogP contribution in [0.3, 0.4) is 0 Å². The third-order valence-corrected chi connectivity index (χ3v) is 6.14. The van der Waals surface area contributed by atoms with Crippen molar-refractivity contribution in [3.8, 4) is 0 Å². The van der Waals surface area contributed by atoms with Gasteiger partial charge in [0.25, 0.3) is 0 Å². The predicted molar refractivity (Wildman–Crippen MR) is 108 cm³/mol. The van der Waals surface area contributed by atoms with Gasteiger partial charge in [0.1, 0.15) is 0 Å². The summed E-state index contributed by atoms with van der Waals surface area (Å²) < 4.78 is 23.4. The molecule has 2 aromatic rings. The molecule has 0 saturated carbocycles. The lowest BCUT2D eigenvalue weighted by Crippen LogP contribution is -2.28. The lowest BCUT2D eigenvalue weighted by Gasteiger charge is -2.17. The van der Waals surface area contributed by atoms with Crippen molar-refractivity contribution in [2.24, 2.45) is 5.92 Å². The second kappa shape index (κ2) is 7.93. The Bertz CT molecular complexity index is 1020. The first-order valence-corrected chi connectivity index (χ1v) is 11.0. The van der Waals surface area contributed by atoms with Crippen molar-refractivity contribution in [3.05, 3.63) is 58.6 Å². The lowest BCUT2D eigenvalue weighted by atomic mass is 10.1. The first-order chi connectivity index (χ1) is 13.1. The number of hydrogen-bond acceptors (Lipinski definition) is 4. The zero-order chi connectivity index (χ0) is 20.5. The van der Waals surface area contributed by atoms with Gasteiger partial charge in [-0.1, -0.05) is 41.4 Å². The van der Waals surface area contributed by atoms with E-state index < -0.39 is 15.8 Å². The highest BCUT2D eigenvalue weighted by Crippen LogP contribution is 2.27. The van der Waals surface area contributed by atoms with E-state index >= 15 is 0 Å². The third-order valence-electron chi connectivity index (χ3n) is 4.70. The van der Waals surface area contributed by atoms with Crippen LogP contribution in [0.4, 0.5) is 5.69 Å². The second-order valence-corrected chi connectivity index (χ2v) is 9.49. The Morgan fingerprint density at radius 3 is 2.54 bits per heavy atom. The molecule has 0 bridgehead atoms. The van der Waals surface area contributed by atoms with Crippen LogP contribution in [0.5, 0.6) is 0 Å². The highest BCUT2D eigenvalue weighted by atomic mass is 35.5. The molecule has 1 atom stereocenters. The number of carbonyl (C=O) groups excluding carboxylic acids is 2. The van der Waals surface area contributed by atoms with Crippen LogP contribution in [0.15, 0.2) is 47.4 Å². The van der Waals surface area contributed by atoms with Crippen LogP contribution in [0, 0.1) is 12.8 Å². The van der Waals surface area contributed by atoms with Crippen molar-refractivity contribution < 1.29 is 18.0 Å². The minimum atomic E-state index is -3.42. The Kier molecular flexibility index (Phi) is 5.76. The standard InChI is InChI=1S/C20H21ClN2O4S/c1-13-3-5-14(6-4-13)11-23-12-15(9-19(23)24)20(25)22-18-10-16(28(2,26)27)7-8-17(18)21/h3-8,10,15H,9,11-12H2,1-2H3,(H,22,25)/t15-/m0/s1. The summed E-state index contributed by atoms with van der Waals surface area (Å²) in [5, 5.41) is 2.90. The minimum absolute atomic E-state index is 0.0655. The average molecular weight is 421 g/mol. The van der Waals surface area contributed by atoms with E-state index in [2.05, 4.69) is 5.32 Å². The smallest absolute Gasteiger partial charge is 0.229 e. The van der Waals surface area contributed by atoms with Gasteiger partial charge in [0.15, 0.2) is 9.84 Å². The maximum atomic E-state index is 12.6. The molecule has 1 N–H and O–H groups in total. The SMILES string of the molecule is Cc1ccc(CN2C[C@@H](C(=O)Nc3cc(S(C)(=O)=O)ccc3Cl)CC2=O)cc1. The van der Waals surface area contributed by atoms with Gasteiger partial charge in [-0.05, 0) is 30.7 Å². The van der Waals surface area contributed by atoms with Crippen molar-refractivity contribution in [1.29, 1.82) is 0 Å². The van der Waals surface area contributed by atoms with Crippen molar-refractivity contribution in [2.45, 2.75) is 24.8 Å². The van der Waals surface area contributed by atoms with Gasteiger partial charge in [0.05, 0.1) is 21.5 Å². The van der Waals surface area contributed by atoms with Gasteiger partial charge >= 0.3 is 0 Å². The monoisotopic (exact) mass is 420 g/mol. The van der Waals surface area contributed by atoms with E-state index in [-0.39, 0.29) is 33.8 Å². The van der Waals surface area contributed by atoms with Gasteiger partial charge in [0, 0.05) is 25.8 Å². The molecule has 2 aromatic carbocycles. The average Bonchev–Trinajstić information content (AvgIpc) is 2.98. The molecule has 6 nitrogen and oxygen atoms in total. The van der Waals surface area contributed by atoms with Crippen LogP contribution >= 0.6 is 11.6 Å². The van der Waals surface area contributed by atoms with Gasteiger partial charge in [-0.15, -0.1) is 0 Å². The van der Waals surface area contributed by atoms with E-state index in [9.17, 15) is 18.0 Å². The molecule has 0 unspecified atom stereocenters. The summed E-state index contributed by atoms with van der Waals surface area (Å²) in [5.74, 6) is -0.958. The summed E-state index contributed by atoms with van der Waals surface area (Å²) in [5.41, 5.74) is 2.37. The van der Waals surface area contributed by atoms with E-state index in [0.29, 0.717) is 13.1 Å². The molecule has 28 heavy (non-hydrogen) atoms. The Balaban J connectivity index is 1.69. The number of likely N-dealkylation sites (tertiary alicyclic amines) is 1. The molecule has 0 aliphatic carbocycles. The third kappa shape index (κ3) is 4.72. The molecule has 1 fully saturated rings. The van der Waals surface area contributed by atoms with Crippen LogP contribution in [0.2, 0.25) is 5.02 Å². The number of rotatable bonds is 5. The predicted octanol–water partition coefficient (Wildman–Crippen LogP) is 3.04.